The van der Waals surface area contributed by atoms with Crippen LogP contribution in [0.4, 0.5) is 0 Å². The summed E-state index contributed by atoms with van der Waals surface area (Å²) in [5.41, 5.74) is 0. The monoisotopic (exact) mass is 193 g/mol. The van der Waals surface area contributed by atoms with Crippen LogP contribution in [-0.2, 0) is 9.84 Å². The van der Waals surface area contributed by atoms with Crippen molar-refractivity contribution in [3.63, 3.8) is 0 Å². The van der Waals surface area contributed by atoms with Gasteiger partial charge in [-0.1, -0.05) is 0 Å². The highest BCUT2D eigenvalue weighted by Gasteiger charge is 2.26. The van der Waals surface area contributed by atoms with Crippen LogP contribution in [0.15, 0.2) is 0 Å². The van der Waals surface area contributed by atoms with Gasteiger partial charge in [-0.15, -0.1) is 0 Å². The van der Waals surface area contributed by atoms with E-state index in [1.54, 1.807) is 0 Å². The average Bonchev–Trinajstić information content (AvgIpc) is 1.93. The predicted molar refractivity (Wildman–Crippen MR) is 43.2 cm³/mol. The molecule has 1 rings (SSSR count). The Labute approximate surface area is 70.8 Å². The molecule has 1 heterocycles. The van der Waals surface area contributed by atoms with E-state index in [0.717, 1.165) is 0 Å². The van der Waals surface area contributed by atoms with E-state index >= 15 is 0 Å². The fourth-order valence-corrected chi connectivity index (χ4v) is 2.92. The molecule has 12 heavy (non-hydrogen) atoms. The van der Waals surface area contributed by atoms with Crippen LogP contribution < -0.4 is 0 Å². The second-order valence-electron chi connectivity index (χ2n) is 3.11. The third-order valence-corrected chi connectivity index (χ3v) is 3.80. The van der Waals surface area contributed by atoms with Gasteiger partial charge in [-0.3, -0.25) is 10.1 Å². The molecular formula is C6H11NO4S. The lowest BCUT2D eigenvalue weighted by Crippen LogP contribution is -2.27. The number of sulfone groups is 1. The topological polar surface area (TPSA) is 77.3 Å². The molecular weight excluding hydrogens is 182 g/mol. The van der Waals surface area contributed by atoms with Crippen LogP contribution in [0.5, 0.6) is 0 Å². The first-order valence-electron chi connectivity index (χ1n) is 3.82. The first kappa shape index (κ1) is 9.44. The number of nitrogens with zero attached hydrogens (tertiary/aromatic N) is 1. The molecule has 0 spiro atoms. The first-order chi connectivity index (χ1) is 5.49. The van der Waals surface area contributed by atoms with E-state index in [-0.39, 0.29) is 28.9 Å². The van der Waals surface area contributed by atoms with Gasteiger partial charge < -0.3 is 0 Å². The Bertz CT molecular complexity index is 257. The van der Waals surface area contributed by atoms with Gasteiger partial charge in [-0.25, -0.2) is 8.42 Å². The molecule has 0 atom stereocenters. The summed E-state index contributed by atoms with van der Waals surface area (Å²) in [5, 5.41) is 10.1. The van der Waals surface area contributed by atoms with Crippen molar-refractivity contribution in [1.29, 1.82) is 0 Å². The van der Waals surface area contributed by atoms with Crippen LogP contribution in [0.2, 0.25) is 0 Å². The van der Waals surface area contributed by atoms with Crippen molar-refractivity contribution >= 4 is 9.84 Å². The van der Waals surface area contributed by atoms with Crippen molar-refractivity contribution in [2.45, 2.75) is 12.8 Å². The lowest BCUT2D eigenvalue weighted by Gasteiger charge is -2.17. The molecule has 0 unspecified atom stereocenters. The molecule has 0 saturated carbocycles. The molecule has 1 aliphatic heterocycles. The molecule has 0 aliphatic carbocycles. The highest BCUT2D eigenvalue weighted by Crippen LogP contribution is 2.18. The molecule has 0 N–H and O–H groups in total. The molecule has 0 amide bonds. The number of nitro groups is 1. The average molecular weight is 193 g/mol. The molecule has 6 heteroatoms. The van der Waals surface area contributed by atoms with Crippen molar-refractivity contribution in [2.24, 2.45) is 5.92 Å². The molecule has 5 nitrogen and oxygen atoms in total. The van der Waals surface area contributed by atoms with E-state index in [2.05, 4.69) is 0 Å². The zero-order valence-electron chi connectivity index (χ0n) is 6.60. The molecule has 0 radical (unpaired) electrons. The SMILES string of the molecule is O=[N+]([O-])CC1CCS(=O)(=O)CC1. The van der Waals surface area contributed by atoms with Crippen molar-refractivity contribution < 1.29 is 13.3 Å². The van der Waals surface area contributed by atoms with Gasteiger partial charge in [0.2, 0.25) is 6.54 Å². The third-order valence-electron chi connectivity index (χ3n) is 2.08. The van der Waals surface area contributed by atoms with E-state index in [0.29, 0.717) is 12.8 Å². The van der Waals surface area contributed by atoms with Gasteiger partial charge in [0.05, 0.1) is 11.5 Å². The Hall–Kier alpha value is -0.650. The van der Waals surface area contributed by atoms with Crippen LogP contribution in [0.1, 0.15) is 12.8 Å². The van der Waals surface area contributed by atoms with E-state index in [1.807, 2.05) is 0 Å². The molecule has 1 saturated heterocycles. The summed E-state index contributed by atoms with van der Waals surface area (Å²) < 4.78 is 21.8. The van der Waals surface area contributed by atoms with Crippen LogP contribution in [0, 0.1) is 16.0 Å². The van der Waals surface area contributed by atoms with E-state index in [1.165, 1.54) is 0 Å². The second kappa shape index (κ2) is 3.38. The summed E-state index contributed by atoms with van der Waals surface area (Å²) in [7, 11) is -2.87. The summed E-state index contributed by atoms with van der Waals surface area (Å²) in [6.45, 7) is -0.0878. The molecule has 0 aromatic carbocycles. The third kappa shape index (κ3) is 2.77. The van der Waals surface area contributed by atoms with E-state index in [4.69, 9.17) is 0 Å². The van der Waals surface area contributed by atoms with Gasteiger partial charge in [0.25, 0.3) is 0 Å². The van der Waals surface area contributed by atoms with Crippen LogP contribution >= 0.6 is 0 Å². The smallest absolute Gasteiger partial charge is 0.206 e. The maximum atomic E-state index is 10.9. The standard InChI is InChI=1S/C6H11NO4S/c8-7(9)5-6-1-3-12(10,11)4-2-6/h6H,1-5H2. The maximum absolute atomic E-state index is 10.9. The minimum absolute atomic E-state index is 0.0384. The number of hydrogen-bond donors (Lipinski definition) is 0. The predicted octanol–water partition coefficient (Wildman–Crippen LogP) is 0.0879. The Morgan fingerprint density at radius 1 is 1.33 bits per heavy atom. The van der Waals surface area contributed by atoms with Crippen molar-refractivity contribution in [1.82, 2.24) is 0 Å². The fraction of sp³-hybridized carbons (Fsp3) is 1.00. The molecule has 0 aromatic heterocycles. The Morgan fingerprint density at radius 3 is 2.25 bits per heavy atom. The van der Waals surface area contributed by atoms with Crippen LogP contribution in [-0.4, -0.2) is 31.4 Å². The first-order valence-corrected chi connectivity index (χ1v) is 5.64. The zero-order valence-corrected chi connectivity index (χ0v) is 7.42. The van der Waals surface area contributed by atoms with E-state index < -0.39 is 9.84 Å². The number of rotatable bonds is 2. The van der Waals surface area contributed by atoms with Gasteiger partial charge in [-0.2, -0.15) is 0 Å². The van der Waals surface area contributed by atoms with Gasteiger partial charge in [0.1, 0.15) is 9.84 Å². The normalized spacial score (nSPS) is 23.7. The van der Waals surface area contributed by atoms with Gasteiger partial charge in [-0.05, 0) is 12.8 Å². The quantitative estimate of drug-likeness (QED) is 0.460. The molecule has 1 aliphatic rings. The maximum Gasteiger partial charge on any atom is 0.206 e. The van der Waals surface area contributed by atoms with Gasteiger partial charge >= 0.3 is 0 Å². The van der Waals surface area contributed by atoms with Crippen molar-refractivity contribution in [3.8, 4) is 0 Å². The summed E-state index contributed by atoms with van der Waals surface area (Å²) in [5.74, 6) is 0.195. The largest absolute Gasteiger partial charge is 0.265 e. The lowest BCUT2D eigenvalue weighted by atomic mass is 10.0. The highest BCUT2D eigenvalue weighted by molar-refractivity contribution is 7.91. The lowest BCUT2D eigenvalue weighted by molar-refractivity contribution is -0.488. The Morgan fingerprint density at radius 2 is 1.83 bits per heavy atom. The Balaban J connectivity index is 2.41. The summed E-state index contributed by atoms with van der Waals surface area (Å²) in [6, 6.07) is 0. The molecule has 0 bridgehead atoms. The summed E-state index contributed by atoms with van der Waals surface area (Å²) >= 11 is 0. The number of hydrogen-bond acceptors (Lipinski definition) is 4. The van der Waals surface area contributed by atoms with Crippen LogP contribution in [0.3, 0.4) is 0 Å². The zero-order chi connectivity index (χ0) is 9.19. The minimum Gasteiger partial charge on any atom is -0.265 e. The van der Waals surface area contributed by atoms with E-state index in [9.17, 15) is 18.5 Å². The van der Waals surface area contributed by atoms with Crippen LogP contribution in [0.25, 0.3) is 0 Å². The van der Waals surface area contributed by atoms with Crippen molar-refractivity contribution in [3.05, 3.63) is 10.1 Å². The summed E-state index contributed by atoms with van der Waals surface area (Å²) in [6.07, 6.45) is 0.895. The Kier molecular flexibility index (Phi) is 2.66. The molecule has 0 aromatic rings. The highest BCUT2D eigenvalue weighted by atomic mass is 32.2. The fourth-order valence-electron chi connectivity index (χ4n) is 1.33. The summed E-state index contributed by atoms with van der Waals surface area (Å²) in [4.78, 5) is 9.71. The van der Waals surface area contributed by atoms with Gasteiger partial charge in [0.15, 0.2) is 0 Å². The van der Waals surface area contributed by atoms with Crippen molar-refractivity contribution in [2.75, 3.05) is 18.1 Å². The van der Waals surface area contributed by atoms with Gasteiger partial charge in [0, 0.05) is 10.8 Å². The molecule has 1 fully saturated rings. The molecule has 70 valence electrons. The second-order valence-corrected chi connectivity index (χ2v) is 5.41. The minimum atomic E-state index is -2.87.